The van der Waals surface area contributed by atoms with Crippen molar-refractivity contribution < 1.29 is 4.39 Å². The van der Waals surface area contributed by atoms with Gasteiger partial charge in [-0.3, -0.25) is 4.98 Å². The summed E-state index contributed by atoms with van der Waals surface area (Å²) in [7, 11) is 0. The Labute approximate surface area is 132 Å². The Balaban J connectivity index is 1.71. The third-order valence-electron chi connectivity index (χ3n) is 3.05. The lowest BCUT2D eigenvalue weighted by atomic mass is 10.2. The van der Waals surface area contributed by atoms with E-state index in [2.05, 4.69) is 25.6 Å². The Hall–Kier alpha value is -3.22. The Bertz CT molecular complexity index is 776. The molecule has 2 aromatic heterocycles. The molecule has 0 saturated heterocycles. The van der Waals surface area contributed by atoms with Gasteiger partial charge in [0.1, 0.15) is 23.3 Å². The minimum atomic E-state index is -0.258. The van der Waals surface area contributed by atoms with E-state index >= 15 is 0 Å². The van der Waals surface area contributed by atoms with Crippen molar-refractivity contribution in [2.75, 3.05) is 16.4 Å². The maximum Gasteiger partial charge on any atom is 0.150 e. The minimum Gasteiger partial charge on any atom is -0.399 e. The summed E-state index contributed by atoms with van der Waals surface area (Å²) in [5.41, 5.74) is 7.40. The quantitative estimate of drug-likeness (QED) is 0.671. The summed E-state index contributed by atoms with van der Waals surface area (Å²) >= 11 is 0. The fourth-order valence-electron chi connectivity index (χ4n) is 2.00. The average molecular weight is 310 g/mol. The van der Waals surface area contributed by atoms with Crippen molar-refractivity contribution in [2.45, 2.75) is 6.54 Å². The topological polar surface area (TPSA) is 88.8 Å². The number of aromatic nitrogens is 3. The molecule has 0 amide bonds. The molecule has 0 radical (unpaired) electrons. The summed E-state index contributed by atoms with van der Waals surface area (Å²) in [4.78, 5) is 12.5. The Morgan fingerprint density at radius 3 is 2.52 bits per heavy atom. The summed E-state index contributed by atoms with van der Waals surface area (Å²) in [6.45, 7) is 0.515. The van der Waals surface area contributed by atoms with Crippen LogP contribution < -0.4 is 16.4 Å². The van der Waals surface area contributed by atoms with E-state index in [1.807, 2.05) is 0 Å². The van der Waals surface area contributed by atoms with Crippen molar-refractivity contribution in [3.05, 3.63) is 66.4 Å². The summed E-state index contributed by atoms with van der Waals surface area (Å²) < 4.78 is 12.9. The van der Waals surface area contributed by atoms with E-state index in [-0.39, 0.29) is 5.82 Å². The highest BCUT2D eigenvalue weighted by Gasteiger charge is 2.03. The number of halogens is 1. The standard InChI is InChI=1S/C16H15FN6/c17-12-3-1-11(2-4-12)9-21-14-7-13(18)8-15(22-14)23-16-10-19-5-6-20-16/h1-8,10H,9H2,(H4,18,20,21,22,23). The molecule has 0 aliphatic rings. The molecular weight excluding hydrogens is 295 g/mol. The van der Waals surface area contributed by atoms with Gasteiger partial charge in [0.2, 0.25) is 0 Å². The van der Waals surface area contributed by atoms with Gasteiger partial charge in [-0.25, -0.2) is 14.4 Å². The van der Waals surface area contributed by atoms with Gasteiger partial charge in [-0.15, -0.1) is 0 Å². The van der Waals surface area contributed by atoms with Crippen molar-refractivity contribution in [2.24, 2.45) is 0 Å². The van der Waals surface area contributed by atoms with E-state index in [9.17, 15) is 4.39 Å². The Kier molecular flexibility index (Phi) is 4.28. The van der Waals surface area contributed by atoms with Crippen LogP contribution in [-0.4, -0.2) is 15.0 Å². The lowest BCUT2D eigenvalue weighted by molar-refractivity contribution is 0.627. The second-order valence-electron chi connectivity index (χ2n) is 4.87. The summed E-state index contributed by atoms with van der Waals surface area (Å²) in [5, 5.41) is 6.19. The molecule has 3 aromatic rings. The zero-order valence-corrected chi connectivity index (χ0v) is 12.2. The second-order valence-corrected chi connectivity index (χ2v) is 4.87. The second kappa shape index (κ2) is 6.69. The molecule has 0 atom stereocenters. The Morgan fingerprint density at radius 1 is 1.00 bits per heavy atom. The van der Waals surface area contributed by atoms with E-state index in [4.69, 9.17) is 5.73 Å². The monoisotopic (exact) mass is 310 g/mol. The summed E-state index contributed by atoms with van der Waals surface area (Å²) in [6.07, 6.45) is 4.77. The average Bonchev–Trinajstić information content (AvgIpc) is 2.55. The first kappa shape index (κ1) is 14.7. The van der Waals surface area contributed by atoms with Crippen LogP contribution in [0.1, 0.15) is 5.56 Å². The molecule has 2 heterocycles. The number of rotatable bonds is 5. The highest BCUT2D eigenvalue weighted by Crippen LogP contribution is 2.19. The van der Waals surface area contributed by atoms with Gasteiger partial charge in [-0.2, -0.15) is 0 Å². The number of hydrogen-bond donors (Lipinski definition) is 3. The van der Waals surface area contributed by atoms with Gasteiger partial charge in [-0.1, -0.05) is 12.1 Å². The van der Waals surface area contributed by atoms with Crippen molar-refractivity contribution in [3.63, 3.8) is 0 Å². The minimum absolute atomic E-state index is 0.258. The van der Waals surface area contributed by atoms with Crippen LogP contribution in [-0.2, 0) is 6.54 Å². The molecule has 0 spiro atoms. The van der Waals surface area contributed by atoms with Gasteiger partial charge in [0, 0.05) is 36.8 Å². The number of hydrogen-bond acceptors (Lipinski definition) is 6. The smallest absolute Gasteiger partial charge is 0.150 e. The predicted octanol–water partition coefficient (Wildman–Crippen LogP) is 2.95. The maximum atomic E-state index is 12.9. The molecule has 0 unspecified atom stereocenters. The van der Waals surface area contributed by atoms with E-state index in [0.29, 0.717) is 29.7 Å². The molecule has 0 bridgehead atoms. The number of pyridine rings is 1. The van der Waals surface area contributed by atoms with E-state index in [1.54, 1.807) is 42.9 Å². The number of nitrogens with one attached hydrogen (secondary N) is 2. The fourth-order valence-corrected chi connectivity index (χ4v) is 2.00. The zero-order valence-electron chi connectivity index (χ0n) is 12.2. The largest absolute Gasteiger partial charge is 0.399 e. The Morgan fingerprint density at radius 2 is 1.78 bits per heavy atom. The fraction of sp³-hybridized carbons (Fsp3) is 0.0625. The van der Waals surface area contributed by atoms with Crippen LogP contribution in [0.2, 0.25) is 0 Å². The van der Waals surface area contributed by atoms with Crippen molar-refractivity contribution in [3.8, 4) is 0 Å². The molecule has 116 valence electrons. The van der Waals surface area contributed by atoms with Gasteiger partial charge >= 0.3 is 0 Å². The molecule has 7 heteroatoms. The first-order valence-corrected chi connectivity index (χ1v) is 6.98. The van der Waals surface area contributed by atoms with Gasteiger partial charge in [-0.05, 0) is 17.7 Å². The molecule has 3 rings (SSSR count). The number of anilines is 4. The van der Waals surface area contributed by atoms with Crippen LogP contribution in [0.3, 0.4) is 0 Å². The molecule has 0 fully saturated rings. The van der Waals surface area contributed by atoms with Crippen LogP contribution in [0.5, 0.6) is 0 Å². The highest BCUT2D eigenvalue weighted by molar-refractivity contribution is 5.61. The third kappa shape index (κ3) is 4.13. The third-order valence-corrected chi connectivity index (χ3v) is 3.05. The zero-order chi connectivity index (χ0) is 16.1. The van der Waals surface area contributed by atoms with Crippen molar-refractivity contribution >= 4 is 23.1 Å². The molecule has 0 aliphatic carbocycles. The van der Waals surface area contributed by atoms with Crippen LogP contribution in [0, 0.1) is 5.82 Å². The summed E-state index contributed by atoms with van der Waals surface area (Å²) in [5.74, 6) is 1.49. The number of nitrogen functional groups attached to an aromatic ring is 1. The van der Waals surface area contributed by atoms with Crippen LogP contribution in [0.4, 0.5) is 27.5 Å². The lowest BCUT2D eigenvalue weighted by Crippen LogP contribution is -2.05. The van der Waals surface area contributed by atoms with E-state index in [1.165, 1.54) is 12.1 Å². The van der Waals surface area contributed by atoms with Gasteiger partial charge < -0.3 is 16.4 Å². The van der Waals surface area contributed by atoms with Crippen molar-refractivity contribution in [1.82, 2.24) is 15.0 Å². The molecule has 23 heavy (non-hydrogen) atoms. The first-order valence-electron chi connectivity index (χ1n) is 6.98. The SMILES string of the molecule is Nc1cc(NCc2ccc(F)cc2)nc(Nc2cnccn2)c1. The normalized spacial score (nSPS) is 10.3. The number of nitrogens with zero attached hydrogens (tertiary/aromatic N) is 3. The molecule has 0 aliphatic heterocycles. The lowest BCUT2D eigenvalue weighted by Gasteiger charge is -2.10. The van der Waals surface area contributed by atoms with Gasteiger partial charge in [0.25, 0.3) is 0 Å². The molecule has 0 saturated carbocycles. The number of nitrogens with two attached hydrogens (primary N) is 1. The van der Waals surface area contributed by atoms with Crippen LogP contribution >= 0.6 is 0 Å². The molecule has 1 aromatic carbocycles. The number of benzene rings is 1. The predicted molar refractivity (Wildman–Crippen MR) is 87.7 cm³/mol. The van der Waals surface area contributed by atoms with E-state index in [0.717, 1.165) is 5.56 Å². The summed E-state index contributed by atoms with van der Waals surface area (Å²) in [6, 6.07) is 9.71. The van der Waals surface area contributed by atoms with Crippen molar-refractivity contribution in [1.29, 1.82) is 0 Å². The molecular formula is C16H15FN6. The highest BCUT2D eigenvalue weighted by atomic mass is 19.1. The van der Waals surface area contributed by atoms with E-state index < -0.39 is 0 Å². The first-order chi connectivity index (χ1) is 11.2. The maximum absolute atomic E-state index is 12.9. The van der Waals surface area contributed by atoms with Crippen LogP contribution in [0.25, 0.3) is 0 Å². The molecule has 4 N–H and O–H groups in total. The van der Waals surface area contributed by atoms with Crippen LogP contribution in [0.15, 0.2) is 55.0 Å². The molecule has 6 nitrogen and oxygen atoms in total. The van der Waals surface area contributed by atoms with Gasteiger partial charge in [0.05, 0.1) is 6.20 Å². The van der Waals surface area contributed by atoms with Gasteiger partial charge in [0.15, 0.2) is 0 Å².